The van der Waals surface area contributed by atoms with Gasteiger partial charge in [-0.2, -0.15) is 0 Å². The van der Waals surface area contributed by atoms with Crippen LogP contribution in [0.2, 0.25) is 0 Å². The van der Waals surface area contributed by atoms with E-state index < -0.39 is 7.14 Å². The molecule has 20 heavy (non-hydrogen) atoms. The van der Waals surface area contributed by atoms with Crippen LogP contribution in [-0.2, 0) is 4.57 Å². The Morgan fingerprint density at radius 1 is 1.15 bits per heavy atom. The van der Waals surface area contributed by atoms with Crippen molar-refractivity contribution in [2.75, 3.05) is 6.66 Å². The van der Waals surface area contributed by atoms with Gasteiger partial charge in [0, 0.05) is 5.56 Å². The minimum Gasteiger partial charge on any atom is -0.311 e. The number of hydrogen-bond donors (Lipinski definition) is 0. The summed E-state index contributed by atoms with van der Waals surface area (Å²) in [5, 5.41) is 0.796. The number of allylic oxidation sites excluding steroid dienone is 4. The average Bonchev–Trinajstić information content (AvgIpc) is 2.38. The highest BCUT2D eigenvalue weighted by Gasteiger charge is 2.33. The summed E-state index contributed by atoms with van der Waals surface area (Å²) in [6, 6.07) is 3.96. The first-order valence-electron chi connectivity index (χ1n) is 6.90. The van der Waals surface area contributed by atoms with E-state index in [-0.39, 0.29) is 5.52 Å². The molecule has 0 amide bonds. The quantitative estimate of drug-likeness (QED) is 0.735. The third-order valence-electron chi connectivity index (χ3n) is 3.82. The molecule has 0 saturated heterocycles. The Hall–Kier alpha value is -1.40. The summed E-state index contributed by atoms with van der Waals surface area (Å²) in [5.74, 6) is 0. The molecular weight excluding hydrogens is 267 g/mol. The molecule has 3 heteroatoms. The van der Waals surface area contributed by atoms with Gasteiger partial charge in [0.1, 0.15) is 0 Å². The number of carbonyl (C=O) groups excluding carboxylic acids is 1. The van der Waals surface area contributed by atoms with Gasteiger partial charge < -0.3 is 4.57 Å². The maximum Gasteiger partial charge on any atom is 0.225 e. The third kappa shape index (κ3) is 2.71. The molecule has 0 radical (unpaired) electrons. The second-order valence-electron chi connectivity index (χ2n) is 5.63. The summed E-state index contributed by atoms with van der Waals surface area (Å²) >= 11 is 0. The monoisotopic (exact) mass is 288 g/mol. The average molecular weight is 288 g/mol. The minimum atomic E-state index is -2.98. The molecule has 0 N–H and O–H groups in total. The predicted molar refractivity (Wildman–Crippen MR) is 85.0 cm³/mol. The molecule has 0 saturated carbocycles. The van der Waals surface area contributed by atoms with E-state index in [9.17, 15) is 9.36 Å². The molecule has 106 valence electrons. The fraction of sp³-hybridized carbons (Fsp3) is 0.353. The fourth-order valence-electron chi connectivity index (χ4n) is 2.81. The second-order valence-corrected chi connectivity index (χ2v) is 8.46. The fourth-order valence-corrected chi connectivity index (χ4v) is 4.77. The molecule has 1 aliphatic rings. The SMILES string of the molecule is Cc1cc(C)c(C(=O)P(C)(=O)C2=CC=CCC2)c(C)c1. The molecule has 0 heterocycles. The Bertz CT molecular complexity index is 643. The molecule has 0 fully saturated rings. The van der Waals surface area contributed by atoms with Crippen molar-refractivity contribution in [3.8, 4) is 0 Å². The molecule has 1 aliphatic carbocycles. The summed E-state index contributed by atoms with van der Waals surface area (Å²) in [5.41, 5.74) is 3.40. The topological polar surface area (TPSA) is 34.1 Å². The van der Waals surface area contributed by atoms with Gasteiger partial charge in [0.2, 0.25) is 5.52 Å². The lowest BCUT2D eigenvalue weighted by atomic mass is 10.0. The van der Waals surface area contributed by atoms with Gasteiger partial charge in [0.15, 0.2) is 7.14 Å². The molecule has 1 aromatic carbocycles. The molecule has 0 aliphatic heterocycles. The van der Waals surface area contributed by atoms with Crippen LogP contribution in [0, 0.1) is 20.8 Å². The van der Waals surface area contributed by atoms with Crippen molar-refractivity contribution < 1.29 is 9.36 Å². The van der Waals surface area contributed by atoms with E-state index in [0.29, 0.717) is 5.56 Å². The standard InChI is InChI=1S/C17H21O2P/c1-12-10-13(2)16(14(3)11-12)17(18)20(4,19)15-8-6-5-7-9-15/h5-6,8,10-11H,7,9H2,1-4H3. The van der Waals surface area contributed by atoms with E-state index in [2.05, 4.69) is 0 Å². The van der Waals surface area contributed by atoms with Gasteiger partial charge in [0.25, 0.3) is 0 Å². The predicted octanol–water partition coefficient (Wildman–Crippen LogP) is 4.98. The lowest BCUT2D eigenvalue weighted by molar-refractivity contribution is 0.107. The molecule has 2 rings (SSSR count). The smallest absolute Gasteiger partial charge is 0.225 e. The molecule has 0 spiro atoms. The summed E-state index contributed by atoms with van der Waals surface area (Å²) < 4.78 is 13.0. The van der Waals surface area contributed by atoms with E-state index in [1.165, 1.54) is 0 Å². The molecule has 1 unspecified atom stereocenters. The number of hydrogen-bond acceptors (Lipinski definition) is 2. The summed E-state index contributed by atoms with van der Waals surface area (Å²) in [7, 11) is -2.98. The lowest BCUT2D eigenvalue weighted by Crippen LogP contribution is -2.08. The Morgan fingerprint density at radius 2 is 1.75 bits per heavy atom. The van der Waals surface area contributed by atoms with Gasteiger partial charge in [-0.1, -0.05) is 35.9 Å². The van der Waals surface area contributed by atoms with E-state index >= 15 is 0 Å². The number of benzene rings is 1. The number of rotatable bonds is 3. The van der Waals surface area contributed by atoms with Gasteiger partial charge in [-0.05, 0) is 56.7 Å². The van der Waals surface area contributed by atoms with Gasteiger partial charge in [-0.25, -0.2) is 0 Å². The van der Waals surface area contributed by atoms with Crippen LogP contribution in [0.1, 0.15) is 39.9 Å². The van der Waals surface area contributed by atoms with Gasteiger partial charge in [-0.15, -0.1) is 0 Å². The van der Waals surface area contributed by atoms with Crippen LogP contribution in [0.5, 0.6) is 0 Å². The van der Waals surface area contributed by atoms with Gasteiger partial charge >= 0.3 is 0 Å². The first-order valence-corrected chi connectivity index (χ1v) is 9.06. The van der Waals surface area contributed by atoms with Crippen LogP contribution in [-0.4, -0.2) is 12.2 Å². The molecule has 0 aromatic heterocycles. The molecular formula is C17H21O2P. The largest absolute Gasteiger partial charge is 0.311 e. The van der Waals surface area contributed by atoms with Crippen LogP contribution in [0.25, 0.3) is 0 Å². The highest BCUT2D eigenvalue weighted by molar-refractivity contribution is 7.84. The van der Waals surface area contributed by atoms with Crippen molar-refractivity contribution in [1.82, 2.24) is 0 Å². The molecule has 2 nitrogen and oxygen atoms in total. The van der Waals surface area contributed by atoms with E-state index in [1.807, 2.05) is 51.1 Å². The van der Waals surface area contributed by atoms with Crippen molar-refractivity contribution in [2.45, 2.75) is 33.6 Å². The Kier molecular flexibility index (Phi) is 4.15. The zero-order chi connectivity index (χ0) is 14.9. The van der Waals surface area contributed by atoms with Crippen molar-refractivity contribution in [2.24, 2.45) is 0 Å². The van der Waals surface area contributed by atoms with Crippen molar-refractivity contribution >= 4 is 12.7 Å². The van der Waals surface area contributed by atoms with Crippen molar-refractivity contribution in [3.63, 3.8) is 0 Å². The Balaban J connectivity index is 2.49. The van der Waals surface area contributed by atoms with Crippen LogP contribution < -0.4 is 0 Å². The maximum atomic E-state index is 13.0. The highest BCUT2D eigenvalue weighted by atomic mass is 31.2. The molecule has 1 aromatic rings. The number of aryl methyl sites for hydroxylation is 3. The van der Waals surface area contributed by atoms with Crippen LogP contribution in [0.3, 0.4) is 0 Å². The van der Waals surface area contributed by atoms with E-state index in [4.69, 9.17) is 0 Å². The number of carbonyl (C=O) groups is 1. The van der Waals surface area contributed by atoms with Gasteiger partial charge in [-0.3, -0.25) is 4.79 Å². The maximum absolute atomic E-state index is 13.0. The Morgan fingerprint density at radius 3 is 2.25 bits per heavy atom. The normalized spacial score (nSPS) is 17.5. The zero-order valence-electron chi connectivity index (χ0n) is 12.6. The summed E-state index contributed by atoms with van der Waals surface area (Å²) in [4.78, 5) is 12.8. The third-order valence-corrected chi connectivity index (χ3v) is 6.29. The van der Waals surface area contributed by atoms with Crippen LogP contribution in [0.15, 0.2) is 35.7 Å². The van der Waals surface area contributed by atoms with E-state index in [1.54, 1.807) is 6.66 Å². The van der Waals surface area contributed by atoms with E-state index in [0.717, 1.165) is 34.8 Å². The minimum absolute atomic E-state index is 0.200. The lowest BCUT2D eigenvalue weighted by Gasteiger charge is -2.19. The van der Waals surface area contributed by atoms with Crippen molar-refractivity contribution in [1.29, 1.82) is 0 Å². The zero-order valence-corrected chi connectivity index (χ0v) is 13.5. The molecule has 0 bridgehead atoms. The van der Waals surface area contributed by atoms with Crippen LogP contribution in [0.4, 0.5) is 0 Å². The summed E-state index contributed by atoms with van der Waals surface area (Å²) in [6.45, 7) is 7.46. The second kappa shape index (κ2) is 5.54. The summed E-state index contributed by atoms with van der Waals surface area (Å²) in [6.07, 6.45) is 7.37. The first-order chi connectivity index (χ1) is 9.34. The van der Waals surface area contributed by atoms with Crippen molar-refractivity contribution in [3.05, 3.63) is 57.9 Å². The van der Waals surface area contributed by atoms with Gasteiger partial charge in [0.05, 0.1) is 0 Å². The Labute approximate surface area is 121 Å². The molecule has 1 atom stereocenters. The van der Waals surface area contributed by atoms with Crippen LogP contribution >= 0.6 is 7.14 Å². The highest BCUT2D eigenvalue weighted by Crippen LogP contribution is 2.56. The first kappa shape index (κ1) is 15.0.